The summed E-state index contributed by atoms with van der Waals surface area (Å²) in [6.07, 6.45) is 22.8. The number of halogens is 1. The number of rotatable bonds is 15. The van der Waals surface area contributed by atoms with Gasteiger partial charge in [0.15, 0.2) is 0 Å². The lowest BCUT2D eigenvalue weighted by atomic mass is 9.47. The molecule has 1 aromatic rings. The number of alkyl halides is 1. The number of fused-ring (bicyclic) bond motifs is 5. The molecule has 0 amide bonds. The van der Waals surface area contributed by atoms with Gasteiger partial charge >= 0.3 is 5.97 Å². The topological polar surface area (TPSA) is 35.5 Å². The Morgan fingerprint density at radius 1 is 0.889 bits per heavy atom. The molecule has 3 fully saturated rings. The third-order valence-corrected chi connectivity index (χ3v) is 13.7. The van der Waals surface area contributed by atoms with E-state index in [1.54, 1.807) is 5.57 Å². The Bertz CT molecular complexity index is 1130. The number of ether oxygens (including phenoxy) is 2. The lowest BCUT2D eigenvalue weighted by Crippen LogP contribution is -2.51. The molecule has 0 spiro atoms. The second-order valence-electron chi connectivity index (χ2n) is 16.4. The Hall–Kier alpha value is -1.29. The van der Waals surface area contributed by atoms with Crippen molar-refractivity contribution in [2.45, 2.75) is 143 Å². The van der Waals surface area contributed by atoms with E-state index in [2.05, 4.69) is 56.6 Å². The number of carbonyl (C=O) groups excluding carboxylic acids is 1. The number of hydrogen-bond acceptors (Lipinski definition) is 3. The molecule has 3 nitrogen and oxygen atoms in total. The van der Waals surface area contributed by atoms with Gasteiger partial charge in [-0.15, -0.1) is 0 Å². The molecule has 0 N–H and O–H groups in total. The van der Waals surface area contributed by atoms with E-state index in [9.17, 15) is 4.79 Å². The third kappa shape index (κ3) is 8.06. The largest absolute Gasteiger partial charge is 0.494 e. The van der Waals surface area contributed by atoms with Gasteiger partial charge in [0.1, 0.15) is 11.9 Å². The van der Waals surface area contributed by atoms with Crippen LogP contribution in [0.4, 0.5) is 0 Å². The van der Waals surface area contributed by atoms with Crippen molar-refractivity contribution in [2.75, 3.05) is 11.9 Å². The van der Waals surface area contributed by atoms with Gasteiger partial charge in [-0.3, -0.25) is 0 Å². The van der Waals surface area contributed by atoms with Gasteiger partial charge in [0.05, 0.1) is 12.2 Å². The Kier molecular flexibility index (Phi) is 12.3. The van der Waals surface area contributed by atoms with Crippen LogP contribution in [0.2, 0.25) is 0 Å². The minimum absolute atomic E-state index is 0.00903. The van der Waals surface area contributed by atoms with Gasteiger partial charge in [-0.1, -0.05) is 101 Å². The molecule has 1 aromatic carbocycles. The van der Waals surface area contributed by atoms with Crippen LogP contribution < -0.4 is 4.74 Å². The number of benzene rings is 1. The minimum Gasteiger partial charge on any atom is -0.494 e. The quantitative estimate of drug-likeness (QED) is 0.0799. The van der Waals surface area contributed by atoms with Crippen molar-refractivity contribution in [1.29, 1.82) is 0 Å². The van der Waals surface area contributed by atoms with Crippen molar-refractivity contribution in [3.05, 3.63) is 41.5 Å². The summed E-state index contributed by atoms with van der Waals surface area (Å²) >= 11 is 3.49. The maximum Gasteiger partial charge on any atom is 0.338 e. The van der Waals surface area contributed by atoms with Crippen molar-refractivity contribution in [1.82, 2.24) is 0 Å². The fourth-order valence-corrected chi connectivity index (χ4v) is 11.0. The Labute approximate surface area is 284 Å². The summed E-state index contributed by atoms with van der Waals surface area (Å²) in [6, 6.07) is 7.56. The summed E-state index contributed by atoms with van der Waals surface area (Å²) in [4.78, 5) is 13.1. The molecule has 3 saturated carbocycles. The highest BCUT2D eigenvalue weighted by Crippen LogP contribution is 2.67. The second kappa shape index (κ2) is 15.7. The van der Waals surface area contributed by atoms with Crippen LogP contribution in [0.15, 0.2) is 35.9 Å². The Morgan fingerprint density at radius 2 is 1.64 bits per heavy atom. The molecule has 0 bridgehead atoms. The van der Waals surface area contributed by atoms with Crippen LogP contribution >= 0.6 is 15.9 Å². The molecule has 4 aliphatic rings. The molecular formula is C41H63BrO3. The molecule has 0 heterocycles. The normalized spacial score (nSPS) is 33.1. The van der Waals surface area contributed by atoms with Crippen molar-refractivity contribution in [3.8, 4) is 5.75 Å². The fourth-order valence-electron chi connectivity index (χ4n) is 10.6. The van der Waals surface area contributed by atoms with E-state index >= 15 is 0 Å². The predicted octanol–water partition coefficient (Wildman–Crippen LogP) is 12.0. The van der Waals surface area contributed by atoms with Crippen LogP contribution in [-0.2, 0) is 4.74 Å². The number of unbranched alkanes of at least 4 members (excludes halogenated alkanes) is 4. The maximum atomic E-state index is 13.1. The van der Waals surface area contributed by atoms with Gasteiger partial charge in [-0.2, -0.15) is 0 Å². The lowest BCUT2D eigenvalue weighted by molar-refractivity contribution is -0.0594. The zero-order valence-corrected chi connectivity index (χ0v) is 30.8. The highest BCUT2D eigenvalue weighted by molar-refractivity contribution is 9.09. The molecule has 0 aromatic heterocycles. The number of hydrogen-bond donors (Lipinski definition) is 0. The molecule has 4 heteroatoms. The summed E-state index contributed by atoms with van der Waals surface area (Å²) < 4.78 is 12.1. The molecule has 8 atom stereocenters. The third-order valence-electron chi connectivity index (χ3n) is 13.2. The highest BCUT2D eigenvalue weighted by Gasteiger charge is 2.59. The van der Waals surface area contributed by atoms with Gasteiger partial charge in [-0.25, -0.2) is 4.79 Å². The van der Waals surface area contributed by atoms with Crippen molar-refractivity contribution in [3.63, 3.8) is 0 Å². The molecule has 45 heavy (non-hydrogen) atoms. The Balaban J connectivity index is 1.12. The number of carbonyl (C=O) groups is 1. The van der Waals surface area contributed by atoms with Crippen LogP contribution in [-0.4, -0.2) is 24.0 Å². The first kappa shape index (κ1) is 35.0. The van der Waals surface area contributed by atoms with E-state index in [4.69, 9.17) is 9.47 Å². The summed E-state index contributed by atoms with van der Waals surface area (Å²) in [5.41, 5.74) is 3.02. The van der Waals surface area contributed by atoms with Gasteiger partial charge in [0.2, 0.25) is 0 Å². The summed E-state index contributed by atoms with van der Waals surface area (Å²) in [5.74, 6) is 5.75. The zero-order chi connectivity index (χ0) is 32.0. The number of allylic oxidation sites excluding steroid dienone is 1. The standard InChI is InChI=1S/C41H63BrO3/c1-29(2)12-11-13-30(3)36-20-21-37-35-19-16-32-28-34(22-24-40(32,4)38(35)23-25-41(36,37)5)45-39(43)31-14-17-33(18-15-31)44-27-10-8-6-7-9-26-42/h14-18,29-30,34-38H,6-13,19-28H2,1-5H3/t30-,34?,35+,36-,37+,38+,40+,41-/m1/s1. The zero-order valence-electron chi connectivity index (χ0n) is 29.3. The van der Waals surface area contributed by atoms with Crippen molar-refractivity contribution in [2.24, 2.45) is 46.3 Å². The average molecular weight is 684 g/mol. The first-order valence-electron chi connectivity index (χ1n) is 18.8. The highest BCUT2D eigenvalue weighted by atomic mass is 79.9. The van der Waals surface area contributed by atoms with Crippen molar-refractivity contribution >= 4 is 21.9 Å². The van der Waals surface area contributed by atoms with Gasteiger partial charge in [0.25, 0.3) is 0 Å². The molecule has 0 radical (unpaired) electrons. The summed E-state index contributed by atoms with van der Waals surface area (Å²) in [5, 5.41) is 1.09. The average Bonchev–Trinajstić information content (AvgIpc) is 3.38. The molecule has 1 unspecified atom stereocenters. The first-order chi connectivity index (χ1) is 21.7. The smallest absolute Gasteiger partial charge is 0.338 e. The molecule has 252 valence electrons. The van der Waals surface area contributed by atoms with Crippen LogP contribution in [0.3, 0.4) is 0 Å². The second-order valence-corrected chi connectivity index (χ2v) is 17.2. The number of esters is 1. The first-order valence-corrected chi connectivity index (χ1v) is 20.0. The fraction of sp³-hybridized carbons (Fsp3) is 0.780. The van der Waals surface area contributed by atoms with Gasteiger partial charge in [-0.05, 0) is 128 Å². The molecule has 5 rings (SSSR count). The van der Waals surface area contributed by atoms with Gasteiger partial charge in [0, 0.05) is 11.8 Å². The van der Waals surface area contributed by atoms with E-state index in [0.717, 1.165) is 78.9 Å². The summed E-state index contributed by atoms with van der Waals surface area (Å²) in [6.45, 7) is 13.3. The molecular weight excluding hydrogens is 620 g/mol. The van der Waals surface area contributed by atoms with E-state index in [1.807, 2.05) is 24.3 Å². The van der Waals surface area contributed by atoms with E-state index in [0.29, 0.717) is 11.0 Å². The van der Waals surface area contributed by atoms with Crippen LogP contribution in [0, 0.1) is 46.3 Å². The minimum atomic E-state index is -0.191. The molecule has 0 aliphatic heterocycles. The van der Waals surface area contributed by atoms with Crippen LogP contribution in [0.5, 0.6) is 5.75 Å². The molecule has 4 aliphatic carbocycles. The van der Waals surface area contributed by atoms with Crippen LogP contribution in [0.1, 0.15) is 148 Å². The van der Waals surface area contributed by atoms with E-state index < -0.39 is 0 Å². The monoisotopic (exact) mass is 682 g/mol. The Morgan fingerprint density at radius 3 is 2.40 bits per heavy atom. The molecule has 0 saturated heterocycles. The van der Waals surface area contributed by atoms with E-state index in [1.165, 1.54) is 77.0 Å². The van der Waals surface area contributed by atoms with Crippen LogP contribution in [0.25, 0.3) is 0 Å². The SMILES string of the molecule is CC(C)CCC[C@@H](C)[C@H]1CC[C@H]2[C@@H]3CC=C4CC(OC(=O)c5ccc(OCCCCCCCBr)cc5)CC[C@]4(C)[C@H]3CC[C@]12C. The van der Waals surface area contributed by atoms with E-state index in [-0.39, 0.29) is 17.5 Å². The lowest BCUT2D eigenvalue weighted by Gasteiger charge is -2.58. The maximum absolute atomic E-state index is 13.1. The summed E-state index contributed by atoms with van der Waals surface area (Å²) in [7, 11) is 0. The van der Waals surface area contributed by atoms with Crippen molar-refractivity contribution < 1.29 is 14.3 Å². The van der Waals surface area contributed by atoms with Gasteiger partial charge < -0.3 is 9.47 Å². The predicted molar refractivity (Wildman–Crippen MR) is 191 cm³/mol.